The van der Waals surface area contributed by atoms with Crippen LogP contribution in [-0.4, -0.2) is 47.6 Å². The van der Waals surface area contributed by atoms with Gasteiger partial charge in [-0.2, -0.15) is 0 Å². The molecule has 0 bridgehead atoms. The zero-order valence-electron chi connectivity index (χ0n) is 15.9. The standard InChI is InChI=1S/C21H22N2O5/c1-27-13-10-16-17(22-11-13)4-3-5-18(16)23-7-6-14-15(20(23)25)8-12(9-19(14)24)21(26)28-2/h8-11,18,24H,3-7H2,1-2H3/t18-/m0/s1. The van der Waals surface area contributed by atoms with Crippen LogP contribution in [-0.2, 0) is 17.6 Å². The molecule has 2 aromatic rings. The van der Waals surface area contributed by atoms with Gasteiger partial charge in [0.05, 0.1) is 32.0 Å². The summed E-state index contributed by atoms with van der Waals surface area (Å²) in [6.07, 6.45) is 4.89. The van der Waals surface area contributed by atoms with Crippen molar-refractivity contribution in [2.24, 2.45) is 0 Å². The Morgan fingerprint density at radius 3 is 2.82 bits per heavy atom. The summed E-state index contributed by atoms with van der Waals surface area (Å²) in [5.74, 6) is -0.151. The number of nitrogens with zero attached hydrogens (tertiary/aromatic N) is 2. The number of rotatable bonds is 3. The van der Waals surface area contributed by atoms with Gasteiger partial charge in [0.2, 0.25) is 0 Å². The van der Waals surface area contributed by atoms with Gasteiger partial charge in [0, 0.05) is 23.4 Å². The molecule has 0 unspecified atom stereocenters. The number of pyridine rings is 1. The van der Waals surface area contributed by atoms with Gasteiger partial charge in [-0.1, -0.05) is 0 Å². The number of aryl methyl sites for hydroxylation is 1. The van der Waals surface area contributed by atoms with Crippen molar-refractivity contribution < 1.29 is 24.2 Å². The maximum absolute atomic E-state index is 13.3. The number of esters is 1. The molecule has 1 N–H and O–H groups in total. The Bertz CT molecular complexity index is 956. The molecule has 0 saturated heterocycles. The third-order valence-corrected chi connectivity index (χ3v) is 5.58. The Labute approximate surface area is 162 Å². The van der Waals surface area contributed by atoms with Gasteiger partial charge in [-0.05, 0) is 49.4 Å². The van der Waals surface area contributed by atoms with Crippen LogP contribution in [0.4, 0.5) is 0 Å². The largest absolute Gasteiger partial charge is 0.508 e. The zero-order chi connectivity index (χ0) is 19.8. The number of amides is 1. The zero-order valence-corrected chi connectivity index (χ0v) is 15.9. The van der Waals surface area contributed by atoms with Crippen molar-refractivity contribution >= 4 is 11.9 Å². The van der Waals surface area contributed by atoms with E-state index >= 15 is 0 Å². The van der Waals surface area contributed by atoms with Crippen LogP contribution < -0.4 is 4.74 Å². The van der Waals surface area contributed by atoms with Gasteiger partial charge in [-0.15, -0.1) is 0 Å². The minimum absolute atomic E-state index is 0.0433. The first-order valence-electron chi connectivity index (χ1n) is 9.31. The molecule has 1 aliphatic carbocycles. The summed E-state index contributed by atoms with van der Waals surface area (Å²) in [5.41, 5.74) is 3.10. The van der Waals surface area contributed by atoms with Crippen LogP contribution >= 0.6 is 0 Å². The molecule has 1 aliphatic heterocycles. The lowest BCUT2D eigenvalue weighted by atomic mass is 9.87. The Balaban J connectivity index is 1.73. The minimum Gasteiger partial charge on any atom is -0.508 e. The van der Waals surface area contributed by atoms with E-state index < -0.39 is 5.97 Å². The third kappa shape index (κ3) is 2.96. The van der Waals surface area contributed by atoms with Crippen molar-refractivity contribution in [2.45, 2.75) is 31.7 Å². The fourth-order valence-corrected chi connectivity index (χ4v) is 4.17. The fraction of sp³-hybridized carbons (Fsp3) is 0.381. The molecule has 7 heteroatoms. The third-order valence-electron chi connectivity index (χ3n) is 5.58. The predicted octanol–water partition coefficient (Wildman–Crippen LogP) is 2.66. The van der Waals surface area contributed by atoms with E-state index in [4.69, 9.17) is 9.47 Å². The lowest BCUT2D eigenvalue weighted by molar-refractivity contribution is 0.0599. The monoisotopic (exact) mass is 382 g/mol. The Kier molecular flexibility index (Phi) is 4.66. The van der Waals surface area contributed by atoms with E-state index in [0.717, 1.165) is 30.5 Å². The molecule has 1 atom stereocenters. The number of methoxy groups -OCH3 is 2. The number of hydrogen-bond donors (Lipinski definition) is 1. The van der Waals surface area contributed by atoms with Gasteiger partial charge in [0.15, 0.2) is 0 Å². The van der Waals surface area contributed by atoms with Crippen molar-refractivity contribution in [1.29, 1.82) is 0 Å². The van der Waals surface area contributed by atoms with Crippen molar-refractivity contribution in [2.75, 3.05) is 20.8 Å². The predicted molar refractivity (Wildman–Crippen MR) is 101 cm³/mol. The maximum atomic E-state index is 13.3. The van der Waals surface area contributed by atoms with Crippen LogP contribution in [0.5, 0.6) is 11.5 Å². The summed E-state index contributed by atoms with van der Waals surface area (Å²) in [4.78, 5) is 31.5. The average Bonchev–Trinajstić information content (AvgIpc) is 2.73. The molecule has 1 aromatic carbocycles. The first kappa shape index (κ1) is 18.3. The summed E-state index contributed by atoms with van der Waals surface area (Å²) in [6.45, 7) is 0.498. The van der Waals surface area contributed by atoms with E-state index in [9.17, 15) is 14.7 Å². The number of carbonyl (C=O) groups is 2. The van der Waals surface area contributed by atoms with Crippen LogP contribution in [0.1, 0.15) is 56.4 Å². The Morgan fingerprint density at radius 1 is 1.25 bits per heavy atom. The Hall–Kier alpha value is -3.09. The van der Waals surface area contributed by atoms with Gasteiger partial charge in [-0.25, -0.2) is 4.79 Å². The molecule has 0 saturated carbocycles. The highest BCUT2D eigenvalue weighted by atomic mass is 16.5. The second-order valence-electron chi connectivity index (χ2n) is 7.08. The van der Waals surface area contributed by atoms with Gasteiger partial charge >= 0.3 is 5.97 Å². The van der Waals surface area contributed by atoms with E-state index in [1.54, 1.807) is 13.3 Å². The topological polar surface area (TPSA) is 89.0 Å². The van der Waals surface area contributed by atoms with Gasteiger partial charge in [-0.3, -0.25) is 9.78 Å². The average molecular weight is 382 g/mol. The number of carbonyl (C=O) groups excluding carboxylic acids is 2. The van der Waals surface area contributed by atoms with Crippen molar-refractivity contribution in [3.63, 3.8) is 0 Å². The molecule has 146 valence electrons. The number of ether oxygens (including phenoxy) is 2. The molecule has 1 amide bonds. The molecular weight excluding hydrogens is 360 g/mol. The summed E-state index contributed by atoms with van der Waals surface area (Å²) in [6, 6.07) is 4.73. The molecule has 7 nitrogen and oxygen atoms in total. The van der Waals surface area contributed by atoms with E-state index in [-0.39, 0.29) is 23.3 Å². The first-order chi connectivity index (χ1) is 13.5. The molecule has 2 heterocycles. The molecule has 1 aromatic heterocycles. The summed E-state index contributed by atoms with van der Waals surface area (Å²) >= 11 is 0. The number of fused-ring (bicyclic) bond motifs is 2. The van der Waals surface area contributed by atoms with E-state index in [2.05, 4.69) is 4.98 Å². The van der Waals surface area contributed by atoms with E-state index in [1.165, 1.54) is 19.2 Å². The highest BCUT2D eigenvalue weighted by Crippen LogP contribution is 2.39. The molecule has 0 fully saturated rings. The minimum atomic E-state index is -0.583. The maximum Gasteiger partial charge on any atom is 0.338 e. The molecule has 2 aliphatic rings. The van der Waals surface area contributed by atoms with Gasteiger partial charge < -0.3 is 19.5 Å². The van der Waals surface area contributed by atoms with Gasteiger partial charge in [0.25, 0.3) is 5.91 Å². The lowest BCUT2D eigenvalue weighted by Crippen LogP contribution is -2.41. The number of aromatic nitrogens is 1. The number of phenols is 1. The van der Waals surface area contributed by atoms with E-state index in [1.807, 2.05) is 11.0 Å². The van der Waals surface area contributed by atoms with Crippen molar-refractivity contribution in [1.82, 2.24) is 9.88 Å². The number of aromatic hydroxyl groups is 1. The van der Waals surface area contributed by atoms with Crippen LogP contribution in [0.25, 0.3) is 0 Å². The highest BCUT2D eigenvalue weighted by Gasteiger charge is 2.35. The number of hydrogen-bond acceptors (Lipinski definition) is 6. The van der Waals surface area contributed by atoms with Crippen molar-refractivity contribution in [3.8, 4) is 11.5 Å². The molecule has 28 heavy (non-hydrogen) atoms. The summed E-state index contributed by atoms with van der Waals surface area (Å²) < 4.78 is 10.1. The van der Waals surface area contributed by atoms with E-state index in [0.29, 0.717) is 29.8 Å². The van der Waals surface area contributed by atoms with Crippen LogP contribution in [0.3, 0.4) is 0 Å². The number of phenolic OH excluding ortho intramolecular Hbond substituents is 1. The smallest absolute Gasteiger partial charge is 0.338 e. The molecular formula is C21H22N2O5. The molecule has 0 spiro atoms. The number of benzene rings is 1. The summed E-state index contributed by atoms with van der Waals surface area (Å²) in [5, 5.41) is 10.3. The van der Waals surface area contributed by atoms with Crippen LogP contribution in [0, 0.1) is 0 Å². The fourth-order valence-electron chi connectivity index (χ4n) is 4.17. The normalized spacial score (nSPS) is 18.3. The highest BCUT2D eigenvalue weighted by molar-refractivity contribution is 6.01. The van der Waals surface area contributed by atoms with Crippen LogP contribution in [0.2, 0.25) is 0 Å². The molecule has 0 radical (unpaired) electrons. The molecule has 4 rings (SSSR count). The lowest BCUT2D eigenvalue weighted by Gasteiger charge is -2.38. The second-order valence-corrected chi connectivity index (χ2v) is 7.08. The Morgan fingerprint density at radius 2 is 2.07 bits per heavy atom. The quantitative estimate of drug-likeness (QED) is 0.821. The second kappa shape index (κ2) is 7.14. The SMILES string of the molecule is COC(=O)c1cc(O)c2c(c1)C(=O)N([C@H]1CCCc3ncc(OC)cc31)CC2. The van der Waals surface area contributed by atoms with Crippen molar-refractivity contribution in [3.05, 3.63) is 52.3 Å². The van der Waals surface area contributed by atoms with Gasteiger partial charge in [0.1, 0.15) is 11.5 Å². The first-order valence-corrected chi connectivity index (χ1v) is 9.31. The summed E-state index contributed by atoms with van der Waals surface area (Å²) in [7, 11) is 2.87. The van der Waals surface area contributed by atoms with Crippen LogP contribution in [0.15, 0.2) is 24.4 Å².